The van der Waals surface area contributed by atoms with Crippen LogP contribution in [0.15, 0.2) is 0 Å². The number of amides is 1. The predicted octanol–water partition coefficient (Wildman–Crippen LogP) is -2.14. The molecule has 1 N–H and O–H groups in total. The molecule has 4 heteroatoms. The van der Waals surface area contributed by atoms with Crippen LogP contribution in [0.1, 0.15) is 20.3 Å². The Labute approximate surface area is 93.9 Å². The molecule has 1 amide bonds. The molecule has 0 aromatic carbocycles. The van der Waals surface area contributed by atoms with Crippen LogP contribution in [-0.2, 0) is 4.79 Å². The van der Waals surface area contributed by atoms with E-state index in [1.54, 1.807) is 0 Å². The highest BCUT2D eigenvalue weighted by atomic mass is 35.5. The lowest BCUT2D eigenvalue weighted by atomic mass is 10.1. The van der Waals surface area contributed by atoms with E-state index in [0.29, 0.717) is 0 Å². The van der Waals surface area contributed by atoms with Gasteiger partial charge >= 0.3 is 0 Å². The lowest BCUT2D eigenvalue weighted by Crippen LogP contribution is -3.00. The molecule has 0 radical (unpaired) electrons. The molecule has 0 heterocycles. The monoisotopic (exact) mass is 222 g/mol. The lowest BCUT2D eigenvalue weighted by molar-refractivity contribution is -0.869. The molecule has 14 heavy (non-hydrogen) atoms. The van der Waals surface area contributed by atoms with Gasteiger partial charge in [0.2, 0.25) is 5.91 Å². The highest BCUT2D eigenvalue weighted by Crippen LogP contribution is 1.99. The Balaban J connectivity index is 0. The predicted molar refractivity (Wildman–Crippen MR) is 55.4 cm³/mol. The third-order valence-electron chi connectivity index (χ3n) is 2.14. The lowest BCUT2D eigenvalue weighted by Gasteiger charge is -2.24. The summed E-state index contributed by atoms with van der Waals surface area (Å²) in [5.41, 5.74) is 0. The number of halogens is 1. The molecule has 1 atom stereocenters. The molecule has 0 bridgehead atoms. The highest BCUT2D eigenvalue weighted by Gasteiger charge is 2.11. The summed E-state index contributed by atoms with van der Waals surface area (Å²) in [6, 6.07) is 0. The number of nitrogens with one attached hydrogen (secondary N) is 1. The summed E-state index contributed by atoms with van der Waals surface area (Å²) in [5, 5.41) is 2.94. The van der Waals surface area contributed by atoms with Gasteiger partial charge in [-0.25, -0.2) is 0 Å². The molecule has 0 aromatic rings. The zero-order valence-corrected chi connectivity index (χ0v) is 10.7. The Morgan fingerprint density at radius 3 is 2.21 bits per heavy atom. The summed E-state index contributed by atoms with van der Waals surface area (Å²) in [6.07, 6.45) is 0.913. The molecule has 0 aliphatic carbocycles. The van der Waals surface area contributed by atoms with Crippen LogP contribution in [0.25, 0.3) is 0 Å². The minimum absolute atomic E-state index is 0. The fourth-order valence-electron chi connectivity index (χ4n) is 0.874. The number of quaternary nitrogens is 1. The van der Waals surface area contributed by atoms with E-state index < -0.39 is 0 Å². The molecule has 0 fully saturated rings. The van der Waals surface area contributed by atoms with E-state index in [4.69, 9.17) is 0 Å². The van der Waals surface area contributed by atoms with Crippen molar-refractivity contribution in [2.75, 3.05) is 34.2 Å². The van der Waals surface area contributed by atoms with E-state index >= 15 is 0 Å². The summed E-state index contributed by atoms with van der Waals surface area (Å²) in [6.45, 7) is 5.74. The Morgan fingerprint density at radius 2 is 1.86 bits per heavy atom. The van der Waals surface area contributed by atoms with Gasteiger partial charge in [-0.3, -0.25) is 4.79 Å². The van der Waals surface area contributed by atoms with Crippen molar-refractivity contribution in [2.24, 2.45) is 5.92 Å². The van der Waals surface area contributed by atoms with E-state index in [1.807, 2.05) is 13.8 Å². The standard InChI is InChI=1S/C10H22N2O.ClH/c1-6-9(2)10(13)11-7-8-12(3,4)5;/h9H,6-8H2,1-5H3;1H. The summed E-state index contributed by atoms with van der Waals surface area (Å²) in [7, 11) is 6.36. The fourth-order valence-corrected chi connectivity index (χ4v) is 0.874. The molecule has 0 spiro atoms. The maximum absolute atomic E-state index is 11.3. The quantitative estimate of drug-likeness (QED) is 0.529. The van der Waals surface area contributed by atoms with Gasteiger partial charge in [0.05, 0.1) is 34.2 Å². The van der Waals surface area contributed by atoms with Crippen molar-refractivity contribution in [2.45, 2.75) is 20.3 Å². The molecular formula is C10H23ClN2O. The van der Waals surface area contributed by atoms with Gasteiger partial charge in [-0.1, -0.05) is 13.8 Å². The summed E-state index contributed by atoms with van der Waals surface area (Å²) in [4.78, 5) is 11.3. The summed E-state index contributed by atoms with van der Waals surface area (Å²) in [5.74, 6) is 0.323. The second kappa shape index (κ2) is 7.07. The number of hydrogen-bond acceptors (Lipinski definition) is 1. The van der Waals surface area contributed by atoms with Gasteiger partial charge < -0.3 is 22.2 Å². The Morgan fingerprint density at radius 1 is 1.36 bits per heavy atom. The maximum atomic E-state index is 11.3. The van der Waals surface area contributed by atoms with E-state index in [1.165, 1.54) is 0 Å². The summed E-state index contributed by atoms with van der Waals surface area (Å²) >= 11 is 0. The van der Waals surface area contributed by atoms with Crippen molar-refractivity contribution < 1.29 is 21.7 Å². The minimum atomic E-state index is 0. The minimum Gasteiger partial charge on any atom is -1.00 e. The number of hydrogen-bond donors (Lipinski definition) is 1. The van der Waals surface area contributed by atoms with Crippen LogP contribution >= 0.6 is 0 Å². The highest BCUT2D eigenvalue weighted by molar-refractivity contribution is 5.78. The van der Waals surface area contributed by atoms with E-state index in [9.17, 15) is 4.79 Å². The zero-order chi connectivity index (χ0) is 10.5. The van der Waals surface area contributed by atoms with Crippen LogP contribution in [-0.4, -0.2) is 44.6 Å². The normalized spacial score (nSPS) is 12.9. The number of likely N-dealkylation sites (N-methyl/N-ethyl adjacent to an activating group) is 1. The SMILES string of the molecule is CCC(C)C(=O)NCC[N+](C)(C)C.[Cl-]. The first-order valence-corrected chi connectivity index (χ1v) is 4.95. The molecular weight excluding hydrogens is 200 g/mol. The maximum Gasteiger partial charge on any atom is 0.223 e. The Bertz CT molecular complexity index is 166. The number of carbonyl (C=O) groups is 1. The van der Waals surface area contributed by atoms with Crippen LogP contribution < -0.4 is 17.7 Å². The Kier molecular flexibility index (Phi) is 8.16. The van der Waals surface area contributed by atoms with E-state index in [-0.39, 0.29) is 24.2 Å². The third-order valence-corrected chi connectivity index (χ3v) is 2.14. The summed E-state index contributed by atoms with van der Waals surface area (Å²) < 4.78 is 0.890. The van der Waals surface area contributed by atoms with Crippen molar-refractivity contribution in [3.05, 3.63) is 0 Å². The van der Waals surface area contributed by atoms with Gasteiger partial charge in [-0.05, 0) is 6.42 Å². The van der Waals surface area contributed by atoms with Crippen molar-refractivity contribution in [3.8, 4) is 0 Å². The first kappa shape index (κ1) is 16.2. The van der Waals surface area contributed by atoms with E-state index in [0.717, 1.165) is 24.0 Å². The first-order valence-electron chi connectivity index (χ1n) is 4.95. The molecule has 0 rings (SSSR count). The zero-order valence-electron chi connectivity index (χ0n) is 9.93. The molecule has 1 unspecified atom stereocenters. The first-order chi connectivity index (χ1) is 5.87. The van der Waals surface area contributed by atoms with Gasteiger partial charge in [0.15, 0.2) is 0 Å². The van der Waals surface area contributed by atoms with Crippen LogP contribution in [0.2, 0.25) is 0 Å². The largest absolute Gasteiger partial charge is 1.00 e. The average molecular weight is 223 g/mol. The molecule has 0 saturated heterocycles. The van der Waals surface area contributed by atoms with Crippen LogP contribution in [0.4, 0.5) is 0 Å². The van der Waals surface area contributed by atoms with Crippen LogP contribution in [0.3, 0.4) is 0 Å². The number of carbonyl (C=O) groups excluding carboxylic acids is 1. The molecule has 0 saturated carbocycles. The van der Waals surface area contributed by atoms with E-state index in [2.05, 4.69) is 26.5 Å². The molecule has 0 aromatic heterocycles. The van der Waals surface area contributed by atoms with Gasteiger partial charge in [0.1, 0.15) is 0 Å². The van der Waals surface area contributed by atoms with Gasteiger partial charge in [0, 0.05) is 5.92 Å². The fraction of sp³-hybridized carbons (Fsp3) is 0.900. The average Bonchev–Trinajstić information content (AvgIpc) is 2.00. The van der Waals surface area contributed by atoms with Crippen molar-refractivity contribution in [1.82, 2.24) is 5.32 Å². The third kappa shape index (κ3) is 8.32. The Hall–Kier alpha value is -0.280. The van der Waals surface area contributed by atoms with Crippen molar-refractivity contribution in [1.29, 1.82) is 0 Å². The van der Waals surface area contributed by atoms with Gasteiger partial charge in [-0.15, -0.1) is 0 Å². The smallest absolute Gasteiger partial charge is 0.223 e. The molecule has 0 aliphatic heterocycles. The van der Waals surface area contributed by atoms with Gasteiger partial charge in [-0.2, -0.15) is 0 Å². The van der Waals surface area contributed by atoms with Gasteiger partial charge in [0.25, 0.3) is 0 Å². The second-order valence-electron chi connectivity index (χ2n) is 4.61. The van der Waals surface area contributed by atoms with Crippen molar-refractivity contribution >= 4 is 5.91 Å². The molecule has 86 valence electrons. The number of nitrogens with zero attached hydrogens (tertiary/aromatic N) is 1. The van der Waals surface area contributed by atoms with Crippen molar-refractivity contribution in [3.63, 3.8) is 0 Å². The molecule has 3 nitrogen and oxygen atoms in total. The topological polar surface area (TPSA) is 29.1 Å². The molecule has 0 aliphatic rings. The van der Waals surface area contributed by atoms with Crippen LogP contribution in [0, 0.1) is 5.92 Å². The number of rotatable bonds is 5. The van der Waals surface area contributed by atoms with Crippen LogP contribution in [0.5, 0.6) is 0 Å². The second-order valence-corrected chi connectivity index (χ2v) is 4.61.